The summed E-state index contributed by atoms with van der Waals surface area (Å²) in [4.78, 5) is 4.24. The van der Waals surface area contributed by atoms with E-state index in [9.17, 15) is 0 Å². The van der Waals surface area contributed by atoms with Crippen molar-refractivity contribution in [2.75, 3.05) is 5.73 Å². The Balaban J connectivity index is 2.94. The largest absolute Gasteiger partial charge is 0.369 e. The summed E-state index contributed by atoms with van der Waals surface area (Å²) in [5, 5.41) is 0.716. The van der Waals surface area contributed by atoms with Gasteiger partial charge in [0.2, 0.25) is 5.95 Å². The number of hydrogen-bond acceptors (Lipinski definition) is 2. The molecule has 0 aliphatic carbocycles. The number of aryl methyl sites for hydroxylation is 2. The van der Waals surface area contributed by atoms with Gasteiger partial charge in [0.15, 0.2) is 0 Å². The summed E-state index contributed by atoms with van der Waals surface area (Å²) in [5.41, 5.74) is 8.63. The number of rotatable bonds is 0. The molecule has 0 aliphatic rings. The predicted octanol–water partition coefficient (Wildman–Crippen LogP) is 2.12. The summed E-state index contributed by atoms with van der Waals surface area (Å²) in [6.07, 6.45) is 0. The Bertz CT molecular complexity index is 473. The van der Waals surface area contributed by atoms with Crippen molar-refractivity contribution in [3.8, 4) is 0 Å². The van der Waals surface area contributed by atoms with Gasteiger partial charge in [-0.25, -0.2) is 4.98 Å². The van der Waals surface area contributed by atoms with Crippen LogP contribution in [0.2, 0.25) is 5.02 Å². The molecule has 0 unspecified atom stereocenters. The minimum Gasteiger partial charge on any atom is -0.369 e. The fourth-order valence-electron chi connectivity index (χ4n) is 1.43. The molecule has 0 spiro atoms. The third kappa shape index (κ3) is 1.16. The molecule has 0 saturated carbocycles. The van der Waals surface area contributed by atoms with Gasteiger partial charge in [-0.2, -0.15) is 0 Å². The number of aromatic nitrogens is 2. The van der Waals surface area contributed by atoms with Crippen LogP contribution in [0.15, 0.2) is 12.1 Å². The zero-order valence-electron chi connectivity index (χ0n) is 7.50. The quantitative estimate of drug-likeness (QED) is 0.700. The maximum absolute atomic E-state index is 5.92. The van der Waals surface area contributed by atoms with Gasteiger partial charge in [0, 0.05) is 12.1 Å². The number of imidazole rings is 1. The Morgan fingerprint density at radius 3 is 2.85 bits per heavy atom. The first-order chi connectivity index (χ1) is 6.09. The highest BCUT2D eigenvalue weighted by atomic mass is 35.5. The first kappa shape index (κ1) is 8.38. The summed E-state index contributed by atoms with van der Waals surface area (Å²) in [6, 6.07) is 3.75. The van der Waals surface area contributed by atoms with Gasteiger partial charge in [-0.1, -0.05) is 11.6 Å². The fourth-order valence-corrected chi connectivity index (χ4v) is 1.70. The van der Waals surface area contributed by atoms with Crippen LogP contribution in [-0.2, 0) is 7.05 Å². The van der Waals surface area contributed by atoms with E-state index in [-0.39, 0.29) is 0 Å². The van der Waals surface area contributed by atoms with E-state index in [2.05, 4.69) is 4.98 Å². The molecule has 0 bridgehead atoms. The Labute approximate surface area is 81.1 Å². The van der Waals surface area contributed by atoms with Gasteiger partial charge in [0.05, 0.1) is 11.0 Å². The van der Waals surface area contributed by atoms with Crippen LogP contribution in [0.1, 0.15) is 5.56 Å². The van der Waals surface area contributed by atoms with Crippen molar-refractivity contribution in [1.29, 1.82) is 0 Å². The maximum atomic E-state index is 5.92. The third-order valence-electron chi connectivity index (χ3n) is 2.18. The highest BCUT2D eigenvalue weighted by molar-refractivity contribution is 6.31. The average molecular weight is 196 g/mol. The second kappa shape index (κ2) is 2.64. The normalized spacial score (nSPS) is 11.0. The highest BCUT2D eigenvalue weighted by Crippen LogP contribution is 2.24. The van der Waals surface area contributed by atoms with E-state index in [0.29, 0.717) is 11.0 Å². The van der Waals surface area contributed by atoms with E-state index in [4.69, 9.17) is 17.3 Å². The number of anilines is 1. The Morgan fingerprint density at radius 2 is 2.15 bits per heavy atom. The first-order valence-electron chi connectivity index (χ1n) is 3.97. The van der Waals surface area contributed by atoms with Crippen LogP contribution in [0.5, 0.6) is 0 Å². The molecule has 68 valence electrons. The molecule has 4 heteroatoms. The molecule has 2 rings (SSSR count). The van der Waals surface area contributed by atoms with Crippen molar-refractivity contribution in [3.05, 3.63) is 22.7 Å². The van der Waals surface area contributed by atoms with Gasteiger partial charge in [0.1, 0.15) is 0 Å². The number of fused-ring (bicyclic) bond motifs is 1. The molecular weight excluding hydrogens is 186 g/mol. The molecule has 2 aromatic rings. The van der Waals surface area contributed by atoms with E-state index >= 15 is 0 Å². The van der Waals surface area contributed by atoms with Crippen LogP contribution in [0.4, 0.5) is 5.95 Å². The summed E-state index contributed by atoms with van der Waals surface area (Å²) in [5.74, 6) is 0.514. The lowest BCUT2D eigenvalue weighted by molar-refractivity contribution is 0.965. The van der Waals surface area contributed by atoms with Crippen molar-refractivity contribution in [2.45, 2.75) is 6.92 Å². The van der Waals surface area contributed by atoms with E-state index < -0.39 is 0 Å². The van der Waals surface area contributed by atoms with Crippen LogP contribution < -0.4 is 5.73 Å². The second-order valence-corrected chi connectivity index (χ2v) is 3.56. The Kier molecular flexibility index (Phi) is 1.70. The molecule has 13 heavy (non-hydrogen) atoms. The summed E-state index contributed by atoms with van der Waals surface area (Å²) >= 11 is 5.92. The molecule has 0 fully saturated rings. The second-order valence-electron chi connectivity index (χ2n) is 3.12. The number of nitrogens with zero attached hydrogens (tertiary/aromatic N) is 2. The molecule has 2 N–H and O–H groups in total. The molecule has 3 nitrogen and oxygen atoms in total. The monoisotopic (exact) mass is 195 g/mol. The van der Waals surface area contributed by atoms with E-state index in [1.165, 1.54) is 0 Å². The Morgan fingerprint density at radius 1 is 1.46 bits per heavy atom. The molecule has 0 radical (unpaired) electrons. The SMILES string of the molecule is Cc1cc(Cl)cc2c1nc(N)n2C. The highest BCUT2D eigenvalue weighted by Gasteiger charge is 2.07. The van der Waals surface area contributed by atoms with Crippen molar-refractivity contribution in [3.63, 3.8) is 0 Å². The molecule has 1 aromatic heterocycles. The van der Waals surface area contributed by atoms with Crippen LogP contribution >= 0.6 is 11.6 Å². The molecular formula is C9H10ClN3. The lowest BCUT2D eigenvalue weighted by Crippen LogP contribution is -1.95. The topological polar surface area (TPSA) is 43.8 Å². The molecule has 0 amide bonds. The lowest BCUT2D eigenvalue weighted by Gasteiger charge is -1.98. The summed E-state index contributed by atoms with van der Waals surface area (Å²) < 4.78 is 1.83. The van der Waals surface area contributed by atoms with Gasteiger partial charge in [0.25, 0.3) is 0 Å². The maximum Gasteiger partial charge on any atom is 0.200 e. The number of halogens is 1. The van der Waals surface area contributed by atoms with Gasteiger partial charge in [-0.05, 0) is 24.6 Å². The molecule has 1 aromatic carbocycles. The third-order valence-corrected chi connectivity index (χ3v) is 2.39. The van der Waals surface area contributed by atoms with Crippen LogP contribution in [0.25, 0.3) is 11.0 Å². The van der Waals surface area contributed by atoms with Gasteiger partial charge in [-0.3, -0.25) is 0 Å². The smallest absolute Gasteiger partial charge is 0.200 e. The van der Waals surface area contributed by atoms with Crippen LogP contribution in [0, 0.1) is 6.92 Å². The number of nitrogen functional groups attached to an aromatic ring is 1. The zero-order chi connectivity index (χ0) is 9.59. The average Bonchev–Trinajstić information content (AvgIpc) is 2.32. The fraction of sp³-hybridized carbons (Fsp3) is 0.222. The van der Waals surface area contributed by atoms with Gasteiger partial charge in [-0.15, -0.1) is 0 Å². The van der Waals surface area contributed by atoms with Gasteiger partial charge < -0.3 is 10.3 Å². The number of benzene rings is 1. The van der Waals surface area contributed by atoms with Crippen molar-refractivity contribution in [1.82, 2.24) is 9.55 Å². The summed E-state index contributed by atoms with van der Waals surface area (Å²) in [6.45, 7) is 1.97. The van der Waals surface area contributed by atoms with Crippen LogP contribution in [-0.4, -0.2) is 9.55 Å². The molecule has 0 saturated heterocycles. The number of nitrogens with two attached hydrogens (primary N) is 1. The first-order valence-corrected chi connectivity index (χ1v) is 4.35. The zero-order valence-corrected chi connectivity index (χ0v) is 8.26. The minimum atomic E-state index is 0.514. The molecule has 0 atom stereocenters. The van der Waals surface area contributed by atoms with Crippen molar-refractivity contribution >= 4 is 28.6 Å². The molecule has 0 aliphatic heterocycles. The van der Waals surface area contributed by atoms with E-state index in [1.54, 1.807) is 0 Å². The van der Waals surface area contributed by atoms with Crippen molar-refractivity contribution in [2.24, 2.45) is 7.05 Å². The number of hydrogen-bond donors (Lipinski definition) is 1. The minimum absolute atomic E-state index is 0.514. The van der Waals surface area contributed by atoms with Crippen LogP contribution in [0.3, 0.4) is 0 Å². The van der Waals surface area contributed by atoms with E-state index in [0.717, 1.165) is 16.6 Å². The summed E-state index contributed by atoms with van der Waals surface area (Å²) in [7, 11) is 1.88. The lowest BCUT2D eigenvalue weighted by atomic mass is 10.2. The van der Waals surface area contributed by atoms with E-state index in [1.807, 2.05) is 30.7 Å². The molecule has 1 heterocycles. The predicted molar refractivity (Wildman–Crippen MR) is 54.9 cm³/mol. The van der Waals surface area contributed by atoms with Crippen molar-refractivity contribution < 1.29 is 0 Å². The van der Waals surface area contributed by atoms with Gasteiger partial charge >= 0.3 is 0 Å². The standard InChI is InChI=1S/C9H10ClN3/c1-5-3-6(10)4-7-8(5)12-9(11)13(7)2/h3-4H,1-2H3,(H2,11,12). The Hall–Kier alpha value is -1.22.